The number of alkyl carbamates (subject to hydrolysis) is 1. The van der Waals surface area contributed by atoms with Gasteiger partial charge < -0.3 is 24.8 Å². The fourth-order valence-electron chi connectivity index (χ4n) is 2.53. The quantitative estimate of drug-likeness (QED) is 0.278. The summed E-state index contributed by atoms with van der Waals surface area (Å²) in [4.78, 5) is 49.8. The lowest BCUT2D eigenvalue weighted by Crippen LogP contribution is -2.54. The van der Waals surface area contributed by atoms with Crippen molar-refractivity contribution in [2.75, 3.05) is 6.61 Å². The van der Waals surface area contributed by atoms with Crippen LogP contribution in [0, 0.1) is 5.92 Å². The summed E-state index contributed by atoms with van der Waals surface area (Å²) < 4.78 is 15.6. The molecule has 2 N–H and O–H groups in total. The van der Waals surface area contributed by atoms with E-state index in [2.05, 4.69) is 17.2 Å². The van der Waals surface area contributed by atoms with Gasteiger partial charge in [0.1, 0.15) is 29.9 Å². The van der Waals surface area contributed by atoms with Crippen LogP contribution in [0.4, 0.5) is 4.79 Å². The molecular formula is C23H40N2O7. The number of hydrogen-bond acceptors (Lipinski definition) is 7. The van der Waals surface area contributed by atoms with Crippen LogP contribution < -0.4 is 10.6 Å². The van der Waals surface area contributed by atoms with Crippen LogP contribution in [0.3, 0.4) is 0 Å². The van der Waals surface area contributed by atoms with Gasteiger partial charge in [0, 0.05) is 6.42 Å². The van der Waals surface area contributed by atoms with Gasteiger partial charge in [-0.15, -0.1) is 0 Å². The fraction of sp³-hybridized carbons (Fsp3) is 0.739. The first-order valence-corrected chi connectivity index (χ1v) is 10.9. The second-order valence-electron chi connectivity index (χ2n) is 9.61. The van der Waals surface area contributed by atoms with Gasteiger partial charge in [-0.1, -0.05) is 32.9 Å². The highest BCUT2D eigenvalue weighted by molar-refractivity contribution is 5.90. The maximum Gasteiger partial charge on any atom is 0.408 e. The Morgan fingerprint density at radius 2 is 1.53 bits per heavy atom. The van der Waals surface area contributed by atoms with E-state index in [0.29, 0.717) is 6.42 Å². The maximum atomic E-state index is 13.0. The van der Waals surface area contributed by atoms with E-state index < -0.39 is 47.2 Å². The Hall–Kier alpha value is -2.58. The van der Waals surface area contributed by atoms with Crippen molar-refractivity contribution in [2.45, 2.75) is 97.9 Å². The molecule has 0 rings (SSSR count). The Bertz CT molecular complexity index is 662. The van der Waals surface area contributed by atoms with Crippen molar-refractivity contribution in [1.29, 1.82) is 0 Å². The van der Waals surface area contributed by atoms with Gasteiger partial charge in [-0.25, -0.2) is 9.59 Å². The minimum absolute atomic E-state index is 0.0138. The molecule has 2 amide bonds. The largest absolute Gasteiger partial charge is 0.460 e. The maximum absolute atomic E-state index is 13.0. The number of rotatable bonds is 11. The minimum atomic E-state index is -1.11. The Kier molecular flexibility index (Phi) is 12.0. The molecule has 0 bridgehead atoms. The second kappa shape index (κ2) is 13.1. The molecular weight excluding hydrogens is 416 g/mol. The average molecular weight is 457 g/mol. The van der Waals surface area contributed by atoms with E-state index in [-0.39, 0.29) is 25.4 Å². The number of ether oxygens (including phenoxy) is 3. The highest BCUT2D eigenvalue weighted by atomic mass is 16.6. The van der Waals surface area contributed by atoms with Gasteiger partial charge in [-0.3, -0.25) is 9.59 Å². The van der Waals surface area contributed by atoms with Crippen LogP contribution in [-0.2, 0) is 28.6 Å². The van der Waals surface area contributed by atoms with Crippen molar-refractivity contribution in [2.24, 2.45) is 5.92 Å². The molecule has 0 spiro atoms. The molecule has 9 heteroatoms. The lowest BCUT2D eigenvalue weighted by Gasteiger charge is -2.27. The predicted octanol–water partition coefficient (Wildman–Crippen LogP) is 3.26. The number of nitrogens with one attached hydrogen (secondary N) is 2. The third-order valence-electron chi connectivity index (χ3n) is 4.17. The van der Waals surface area contributed by atoms with Crippen LogP contribution in [-0.4, -0.2) is 53.8 Å². The lowest BCUT2D eigenvalue weighted by molar-refractivity contribution is -0.155. The summed E-state index contributed by atoms with van der Waals surface area (Å²) in [5.74, 6) is -1.95. The van der Waals surface area contributed by atoms with Crippen LogP contribution in [0.5, 0.6) is 0 Å². The highest BCUT2D eigenvalue weighted by Crippen LogP contribution is 2.14. The fourth-order valence-corrected chi connectivity index (χ4v) is 2.53. The van der Waals surface area contributed by atoms with Gasteiger partial charge in [0.15, 0.2) is 0 Å². The Labute approximate surface area is 191 Å². The van der Waals surface area contributed by atoms with Crippen molar-refractivity contribution >= 4 is 23.9 Å². The first-order valence-electron chi connectivity index (χ1n) is 10.9. The minimum Gasteiger partial charge on any atom is -0.460 e. The van der Waals surface area contributed by atoms with E-state index in [0.717, 1.165) is 0 Å². The van der Waals surface area contributed by atoms with E-state index >= 15 is 0 Å². The van der Waals surface area contributed by atoms with Crippen LogP contribution >= 0.6 is 0 Å². The smallest absolute Gasteiger partial charge is 0.408 e. The zero-order valence-corrected chi connectivity index (χ0v) is 20.7. The van der Waals surface area contributed by atoms with Gasteiger partial charge in [0.25, 0.3) is 0 Å². The third-order valence-corrected chi connectivity index (χ3v) is 4.17. The molecule has 0 aromatic heterocycles. The van der Waals surface area contributed by atoms with E-state index in [9.17, 15) is 19.2 Å². The molecule has 0 aromatic rings. The number of carbonyl (C=O) groups is 4. The molecule has 3 unspecified atom stereocenters. The molecule has 32 heavy (non-hydrogen) atoms. The van der Waals surface area contributed by atoms with E-state index in [4.69, 9.17) is 14.2 Å². The summed E-state index contributed by atoms with van der Waals surface area (Å²) in [6, 6.07) is -2.03. The molecule has 0 heterocycles. The second-order valence-corrected chi connectivity index (χ2v) is 9.61. The number of amides is 2. The van der Waals surface area contributed by atoms with Crippen LogP contribution in [0.15, 0.2) is 12.7 Å². The summed E-state index contributed by atoms with van der Waals surface area (Å²) in [6.45, 7) is 17.5. The first-order chi connectivity index (χ1) is 14.6. The van der Waals surface area contributed by atoms with Crippen LogP contribution in [0.25, 0.3) is 0 Å². The van der Waals surface area contributed by atoms with Crippen molar-refractivity contribution in [3.05, 3.63) is 12.7 Å². The molecule has 184 valence electrons. The summed E-state index contributed by atoms with van der Waals surface area (Å²) in [5, 5.41) is 5.13. The first kappa shape index (κ1) is 29.4. The summed E-state index contributed by atoms with van der Waals surface area (Å²) in [6.07, 6.45) is 1.09. The molecule has 9 nitrogen and oxygen atoms in total. The zero-order chi connectivity index (χ0) is 25.1. The predicted molar refractivity (Wildman–Crippen MR) is 121 cm³/mol. The molecule has 0 fully saturated rings. The van der Waals surface area contributed by atoms with Crippen molar-refractivity contribution in [1.82, 2.24) is 10.6 Å². The molecule has 0 radical (unpaired) electrons. The average Bonchev–Trinajstić information content (AvgIpc) is 2.63. The van der Waals surface area contributed by atoms with E-state index in [1.165, 1.54) is 6.08 Å². The summed E-state index contributed by atoms with van der Waals surface area (Å²) in [5.41, 5.74) is -1.45. The monoisotopic (exact) mass is 456 g/mol. The molecule has 0 saturated carbocycles. The van der Waals surface area contributed by atoms with E-state index in [1.54, 1.807) is 48.5 Å². The summed E-state index contributed by atoms with van der Waals surface area (Å²) in [7, 11) is 0. The molecule has 3 atom stereocenters. The van der Waals surface area contributed by atoms with Gasteiger partial charge in [0.05, 0.1) is 0 Å². The Balaban J connectivity index is 5.46. The SMILES string of the molecule is C=CCOC(=O)C(NC(=O)C(CCC(=O)OC(C)(C)C)NC(=O)OC(C)(C)C)C(C)CC. The number of hydrogen-bond donors (Lipinski definition) is 2. The number of esters is 2. The van der Waals surface area contributed by atoms with Gasteiger partial charge >= 0.3 is 18.0 Å². The third kappa shape index (κ3) is 13.0. The normalized spacial score (nSPS) is 14.4. The van der Waals surface area contributed by atoms with Crippen molar-refractivity contribution in [3.8, 4) is 0 Å². The number of carbonyl (C=O) groups excluding carboxylic acids is 4. The Morgan fingerprint density at radius 1 is 0.969 bits per heavy atom. The topological polar surface area (TPSA) is 120 Å². The molecule has 0 aromatic carbocycles. The molecule has 0 aliphatic carbocycles. The Morgan fingerprint density at radius 3 is 2.00 bits per heavy atom. The highest BCUT2D eigenvalue weighted by Gasteiger charge is 2.32. The standard InChI is InChI=1S/C23H40N2O7/c1-10-14-30-20(28)18(15(3)11-2)25-19(27)16(24-21(29)32-23(7,8)9)12-13-17(26)31-22(4,5)6/h10,15-16,18H,1,11-14H2,2-9H3,(H,24,29)(H,25,27). The molecule has 0 aliphatic heterocycles. The summed E-state index contributed by atoms with van der Waals surface area (Å²) >= 11 is 0. The van der Waals surface area contributed by atoms with Crippen molar-refractivity contribution < 1.29 is 33.4 Å². The molecule has 0 aliphatic rings. The zero-order valence-electron chi connectivity index (χ0n) is 20.7. The van der Waals surface area contributed by atoms with Crippen molar-refractivity contribution in [3.63, 3.8) is 0 Å². The van der Waals surface area contributed by atoms with Gasteiger partial charge in [-0.05, 0) is 53.9 Å². The lowest BCUT2D eigenvalue weighted by atomic mass is 9.98. The van der Waals surface area contributed by atoms with Gasteiger partial charge in [-0.2, -0.15) is 0 Å². The van der Waals surface area contributed by atoms with Crippen LogP contribution in [0.2, 0.25) is 0 Å². The molecule has 0 saturated heterocycles. The van der Waals surface area contributed by atoms with Gasteiger partial charge in [0.2, 0.25) is 5.91 Å². The van der Waals surface area contributed by atoms with E-state index in [1.807, 2.05) is 6.92 Å². The van der Waals surface area contributed by atoms with Crippen LogP contribution in [0.1, 0.15) is 74.7 Å².